The van der Waals surface area contributed by atoms with Crippen LogP contribution in [0.1, 0.15) is 32.1 Å². The maximum absolute atomic E-state index is 13.1. The number of hydrogen-bond acceptors (Lipinski definition) is 4. The van der Waals surface area contributed by atoms with E-state index in [9.17, 15) is 13.2 Å². The van der Waals surface area contributed by atoms with E-state index < -0.39 is 11.8 Å². The fourth-order valence-corrected chi connectivity index (χ4v) is 3.90. The number of hydrogen-bond donors (Lipinski definition) is 0. The van der Waals surface area contributed by atoms with Gasteiger partial charge in [0.25, 0.3) is 0 Å². The third-order valence-electron chi connectivity index (χ3n) is 5.26. The van der Waals surface area contributed by atoms with Crippen molar-refractivity contribution in [2.24, 2.45) is 5.92 Å². The molecule has 5 nitrogen and oxygen atoms in total. The molecule has 1 atom stereocenters. The molecule has 0 spiro atoms. The minimum absolute atomic E-state index is 0.0490. The van der Waals surface area contributed by atoms with Crippen molar-refractivity contribution < 1.29 is 17.9 Å². The highest BCUT2D eigenvalue weighted by molar-refractivity contribution is 5.02. The number of likely N-dealkylation sites (tertiary alicyclic amines) is 1. The van der Waals surface area contributed by atoms with E-state index in [4.69, 9.17) is 4.74 Å². The minimum atomic E-state index is -4.28. The second-order valence-electron chi connectivity index (χ2n) is 6.74. The quantitative estimate of drug-likeness (QED) is 0.831. The van der Waals surface area contributed by atoms with Gasteiger partial charge in [-0.1, -0.05) is 11.6 Å². The van der Waals surface area contributed by atoms with Crippen LogP contribution in [0.3, 0.4) is 0 Å². The summed E-state index contributed by atoms with van der Waals surface area (Å²) in [6.45, 7) is 2.41. The monoisotopic (exact) mass is 332 g/mol. The Bertz CT molecular complexity index is 499. The van der Waals surface area contributed by atoms with Crippen LogP contribution < -0.4 is 0 Å². The first kappa shape index (κ1) is 16.7. The van der Waals surface area contributed by atoms with Crippen LogP contribution in [0.25, 0.3) is 0 Å². The predicted molar refractivity (Wildman–Crippen MR) is 77.8 cm³/mol. The smallest absolute Gasteiger partial charge is 0.369 e. The Hall–Kier alpha value is -1.15. The zero-order chi connectivity index (χ0) is 16.5. The van der Waals surface area contributed by atoms with Crippen molar-refractivity contribution in [3.05, 3.63) is 12.4 Å². The molecule has 1 unspecified atom stereocenters. The summed E-state index contributed by atoms with van der Waals surface area (Å²) in [6.07, 6.45) is 2.66. The van der Waals surface area contributed by atoms with Gasteiger partial charge in [-0.3, -0.25) is 9.58 Å². The van der Waals surface area contributed by atoms with E-state index in [0.29, 0.717) is 12.6 Å². The molecule has 130 valence electrons. The number of alkyl halides is 3. The fourth-order valence-electron chi connectivity index (χ4n) is 3.90. The summed E-state index contributed by atoms with van der Waals surface area (Å²) in [5.41, 5.74) is -1.92. The van der Waals surface area contributed by atoms with Crippen molar-refractivity contribution in [2.45, 2.75) is 56.5 Å². The molecule has 0 radical (unpaired) electrons. The standard InChI is InChI=1S/C15H23F3N4O/c1-23-14(15(16,17)18)8-12(9-14)10-21-6-3-2-4-13(21)11-22-7-5-19-20-22/h5,7,12-13H,2-4,6,8-11H2,1H3. The number of halogens is 3. The lowest BCUT2D eigenvalue weighted by Gasteiger charge is -2.49. The van der Waals surface area contributed by atoms with Crippen LogP contribution in [0, 0.1) is 5.92 Å². The van der Waals surface area contributed by atoms with E-state index in [1.807, 2.05) is 6.20 Å². The van der Waals surface area contributed by atoms with E-state index in [2.05, 4.69) is 15.2 Å². The van der Waals surface area contributed by atoms with Gasteiger partial charge in [-0.2, -0.15) is 13.2 Å². The van der Waals surface area contributed by atoms with Gasteiger partial charge in [-0.05, 0) is 38.1 Å². The molecule has 1 aromatic heterocycles. The Kier molecular flexibility index (Phi) is 4.64. The minimum Gasteiger partial charge on any atom is -0.369 e. The van der Waals surface area contributed by atoms with Crippen molar-refractivity contribution >= 4 is 0 Å². The number of ether oxygens (including phenoxy) is 1. The number of nitrogens with zero attached hydrogens (tertiary/aromatic N) is 4. The van der Waals surface area contributed by atoms with Crippen LogP contribution in [-0.2, 0) is 11.3 Å². The SMILES string of the molecule is COC1(C(F)(F)F)CC(CN2CCCCC2Cn2ccnn2)C1. The first-order valence-corrected chi connectivity index (χ1v) is 8.13. The summed E-state index contributed by atoms with van der Waals surface area (Å²) in [5.74, 6) is 0.0490. The third kappa shape index (κ3) is 3.38. The average Bonchev–Trinajstić information content (AvgIpc) is 2.95. The number of aromatic nitrogens is 3. The topological polar surface area (TPSA) is 43.2 Å². The lowest BCUT2D eigenvalue weighted by atomic mass is 9.69. The second-order valence-corrected chi connectivity index (χ2v) is 6.74. The van der Waals surface area contributed by atoms with Crippen molar-refractivity contribution in [3.8, 4) is 0 Å². The highest BCUT2D eigenvalue weighted by Gasteiger charge is 2.62. The van der Waals surface area contributed by atoms with E-state index in [-0.39, 0.29) is 18.8 Å². The van der Waals surface area contributed by atoms with Gasteiger partial charge in [0.05, 0.1) is 12.7 Å². The van der Waals surface area contributed by atoms with Crippen molar-refractivity contribution in [2.75, 3.05) is 20.2 Å². The Morgan fingerprint density at radius 2 is 2.04 bits per heavy atom. The maximum atomic E-state index is 13.1. The normalized spacial score (nSPS) is 32.7. The van der Waals surface area contributed by atoms with Gasteiger partial charge in [-0.15, -0.1) is 5.10 Å². The number of piperidine rings is 1. The first-order chi connectivity index (χ1) is 10.9. The summed E-state index contributed by atoms with van der Waals surface area (Å²) < 4.78 is 45.8. The van der Waals surface area contributed by atoms with E-state index in [1.54, 1.807) is 10.9 Å². The molecule has 1 saturated carbocycles. The van der Waals surface area contributed by atoms with Gasteiger partial charge < -0.3 is 4.74 Å². The molecule has 2 fully saturated rings. The lowest BCUT2D eigenvalue weighted by molar-refractivity contribution is -0.309. The number of methoxy groups -OCH3 is 1. The van der Waals surface area contributed by atoms with Gasteiger partial charge >= 0.3 is 6.18 Å². The molecule has 1 aliphatic heterocycles. The van der Waals surface area contributed by atoms with Gasteiger partial charge in [0.2, 0.25) is 0 Å². The van der Waals surface area contributed by atoms with Crippen molar-refractivity contribution in [1.29, 1.82) is 0 Å². The summed E-state index contributed by atoms with van der Waals surface area (Å²) in [6, 6.07) is 0.328. The molecule has 0 aromatic carbocycles. The summed E-state index contributed by atoms with van der Waals surface area (Å²) in [7, 11) is 1.16. The molecule has 1 saturated heterocycles. The molecular weight excluding hydrogens is 309 g/mol. The highest BCUT2D eigenvalue weighted by atomic mass is 19.4. The van der Waals surface area contributed by atoms with E-state index in [0.717, 1.165) is 39.5 Å². The molecule has 0 N–H and O–H groups in total. The Labute approximate surface area is 133 Å². The molecule has 1 aromatic rings. The van der Waals surface area contributed by atoms with Gasteiger partial charge in [0.1, 0.15) is 0 Å². The maximum Gasteiger partial charge on any atom is 0.417 e. The van der Waals surface area contributed by atoms with Gasteiger partial charge in [0.15, 0.2) is 5.60 Å². The van der Waals surface area contributed by atoms with Gasteiger partial charge in [-0.25, -0.2) is 0 Å². The molecule has 3 rings (SSSR count). The van der Waals surface area contributed by atoms with Crippen LogP contribution in [0.15, 0.2) is 12.4 Å². The average molecular weight is 332 g/mol. The predicted octanol–water partition coefficient (Wildman–Crippen LogP) is 2.49. The molecule has 0 bridgehead atoms. The Balaban J connectivity index is 1.56. The molecule has 23 heavy (non-hydrogen) atoms. The molecule has 2 aliphatic rings. The molecule has 8 heteroatoms. The van der Waals surface area contributed by atoms with Crippen LogP contribution >= 0.6 is 0 Å². The molecule has 0 amide bonds. The third-order valence-corrected chi connectivity index (χ3v) is 5.26. The van der Waals surface area contributed by atoms with Gasteiger partial charge in [0, 0.05) is 25.9 Å². The summed E-state index contributed by atoms with van der Waals surface area (Å²) >= 11 is 0. The van der Waals surface area contributed by atoms with E-state index in [1.165, 1.54) is 0 Å². The van der Waals surface area contributed by atoms with E-state index >= 15 is 0 Å². The first-order valence-electron chi connectivity index (χ1n) is 8.13. The largest absolute Gasteiger partial charge is 0.417 e. The Morgan fingerprint density at radius 3 is 2.65 bits per heavy atom. The summed E-state index contributed by atoms with van der Waals surface area (Å²) in [4.78, 5) is 2.33. The highest BCUT2D eigenvalue weighted by Crippen LogP contribution is 2.51. The number of rotatable bonds is 5. The lowest BCUT2D eigenvalue weighted by Crippen LogP contribution is -2.59. The molecule has 2 heterocycles. The van der Waals surface area contributed by atoms with Crippen LogP contribution in [-0.4, -0.2) is 57.9 Å². The summed E-state index contributed by atoms with van der Waals surface area (Å²) in [5, 5.41) is 7.81. The second kappa shape index (κ2) is 6.39. The van der Waals surface area contributed by atoms with Crippen LogP contribution in [0.2, 0.25) is 0 Å². The van der Waals surface area contributed by atoms with Crippen molar-refractivity contribution in [3.63, 3.8) is 0 Å². The molecular formula is C15H23F3N4O. The van der Waals surface area contributed by atoms with Crippen LogP contribution in [0.5, 0.6) is 0 Å². The Morgan fingerprint density at radius 1 is 1.26 bits per heavy atom. The fraction of sp³-hybridized carbons (Fsp3) is 0.867. The van der Waals surface area contributed by atoms with Crippen molar-refractivity contribution in [1.82, 2.24) is 19.9 Å². The zero-order valence-electron chi connectivity index (χ0n) is 13.3. The van der Waals surface area contributed by atoms with Crippen LogP contribution in [0.4, 0.5) is 13.2 Å². The molecule has 1 aliphatic carbocycles. The zero-order valence-corrected chi connectivity index (χ0v) is 13.3.